The molecule has 4 nitrogen and oxygen atoms in total. The molecule has 0 saturated carbocycles. The number of thiophene rings is 1. The molecule has 0 unspecified atom stereocenters. The highest BCUT2D eigenvalue weighted by molar-refractivity contribution is 7.21. The van der Waals surface area contributed by atoms with Gasteiger partial charge in [-0.1, -0.05) is 6.07 Å². The molecule has 0 bridgehead atoms. The lowest BCUT2D eigenvalue weighted by Gasteiger charge is -2.38. The van der Waals surface area contributed by atoms with Crippen LogP contribution in [-0.4, -0.2) is 36.1 Å². The Labute approximate surface area is 126 Å². The van der Waals surface area contributed by atoms with Crippen LogP contribution in [0.4, 0.5) is 10.1 Å². The van der Waals surface area contributed by atoms with Gasteiger partial charge in [-0.15, -0.1) is 11.3 Å². The molecular weight excluding hydrogens is 291 g/mol. The molecule has 21 heavy (non-hydrogen) atoms. The topological polar surface area (TPSA) is 55.6 Å². The van der Waals surface area contributed by atoms with Gasteiger partial charge in [0.2, 0.25) is 0 Å². The van der Waals surface area contributed by atoms with Crippen LogP contribution in [0.2, 0.25) is 0 Å². The Morgan fingerprint density at radius 3 is 2.90 bits per heavy atom. The number of anilines is 1. The molecule has 0 radical (unpaired) electrons. The quantitative estimate of drug-likeness (QED) is 0.881. The average Bonchev–Trinajstić information content (AvgIpc) is 2.75. The SMILES string of the molecule is CC1(C)CN(C(=O)c2sc3cccc(F)c3c2N)CCO1. The summed E-state index contributed by atoms with van der Waals surface area (Å²) in [5.74, 6) is -0.535. The van der Waals surface area contributed by atoms with Gasteiger partial charge in [-0.2, -0.15) is 0 Å². The molecule has 0 atom stereocenters. The number of carbonyl (C=O) groups excluding carboxylic acids is 1. The molecule has 1 aliphatic rings. The van der Waals surface area contributed by atoms with Crippen LogP contribution < -0.4 is 5.73 Å². The van der Waals surface area contributed by atoms with Crippen molar-refractivity contribution in [1.82, 2.24) is 4.90 Å². The van der Waals surface area contributed by atoms with Crippen LogP contribution in [0.25, 0.3) is 10.1 Å². The van der Waals surface area contributed by atoms with E-state index >= 15 is 0 Å². The zero-order valence-corrected chi connectivity index (χ0v) is 12.8. The number of nitrogen functional groups attached to an aromatic ring is 1. The third-order valence-electron chi connectivity index (χ3n) is 3.61. The van der Waals surface area contributed by atoms with Gasteiger partial charge in [-0.25, -0.2) is 4.39 Å². The number of nitrogens with zero attached hydrogens (tertiary/aromatic N) is 1. The molecule has 3 rings (SSSR count). The number of nitrogens with two attached hydrogens (primary N) is 1. The largest absolute Gasteiger partial charge is 0.397 e. The second-order valence-corrected chi connectivity index (χ2v) is 6.84. The molecule has 2 heterocycles. The van der Waals surface area contributed by atoms with Crippen LogP contribution in [-0.2, 0) is 4.74 Å². The number of benzene rings is 1. The van der Waals surface area contributed by atoms with E-state index in [-0.39, 0.29) is 23.0 Å². The van der Waals surface area contributed by atoms with E-state index in [0.717, 1.165) is 0 Å². The van der Waals surface area contributed by atoms with Crippen molar-refractivity contribution in [1.29, 1.82) is 0 Å². The van der Waals surface area contributed by atoms with E-state index in [1.165, 1.54) is 17.4 Å². The van der Waals surface area contributed by atoms with E-state index in [9.17, 15) is 9.18 Å². The molecule has 1 amide bonds. The number of rotatable bonds is 1. The number of halogens is 1. The maximum absolute atomic E-state index is 13.9. The standard InChI is InChI=1S/C15H17FN2O2S/c1-15(2)8-18(6-7-20-15)14(19)13-12(17)11-9(16)4-3-5-10(11)21-13/h3-5H,6-8,17H2,1-2H3. The van der Waals surface area contributed by atoms with Crippen molar-refractivity contribution in [3.8, 4) is 0 Å². The lowest BCUT2D eigenvalue weighted by molar-refractivity contribution is -0.0762. The van der Waals surface area contributed by atoms with E-state index in [1.807, 2.05) is 13.8 Å². The zero-order valence-electron chi connectivity index (χ0n) is 12.0. The summed E-state index contributed by atoms with van der Waals surface area (Å²) >= 11 is 1.24. The first-order valence-electron chi connectivity index (χ1n) is 6.79. The van der Waals surface area contributed by atoms with Crippen LogP contribution in [0.15, 0.2) is 18.2 Å². The maximum atomic E-state index is 13.9. The second kappa shape index (κ2) is 4.96. The van der Waals surface area contributed by atoms with Crippen LogP contribution >= 0.6 is 11.3 Å². The molecule has 0 aliphatic carbocycles. The Morgan fingerprint density at radius 2 is 2.24 bits per heavy atom. The summed E-state index contributed by atoms with van der Waals surface area (Å²) in [6, 6.07) is 4.76. The molecule has 1 aromatic carbocycles. The number of ether oxygens (including phenoxy) is 1. The molecule has 112 valence electrons. The van der Waals surface area contributed by atoms with Crippen molar-refractivity contribution >= 4 is 33.0 Å². The Kier molecular flexibility index (Phi) is 3.37. The van der Waals surface area contributed by atoms with Crippen molar-refractivity contribution in [2.45, 2.75) is 19.4 Å². The number of morpholine rings is 1. The molecule has 1 aromatic heterocycles. The van der Waals surface area contributed by atoms with Gasteiger partial charge in [-0.3, -0.25) is 4.79 Å². The third-order valence-corrected chi connectivity index (χ3v) is 4.77. The number of fused-ring (bicyclic) bond motifs is 1. The monoisotopic (exact) mass is 308 g/mol. The van der Waals surface area contributed by atoms with E-state index in [4.69, 9.17) is 10.5 Å². The van der Waals surface area contributed by atoms with Gasteiger partial charge < -0.3 is 15.4 Å². The molecular formula is C15H17FN2O2S. The Balaban J connectivity index is 1.99. The van der Waals surface area contributed by atoms with Crippen molar-refractivity contribution in [2.75, 3.05) is 25.4 Å². The highest BCUT2D eigenvalue weighted by Crippen LogP contribution is 2.36. The third kappa shape index (κ3) is 2.49. The first kappa shape index (κ1) is 14.3. The van der Waals surface area contributed by atoms with Crippen molar-refractivity contribution in [3.63, 3.8) is 0 Å². The molecule has 1 fully saturated rings. The van der Waals surface area contributed by atoms with E-state index in [1.54, 1.807) is 17.0 Å². The average molecular weight is 308 g/mol. The Bertz CT molecular complexity index is 711. The highest BCUT2D eigenvalue weighted by atomic mass is 32.1. The number of amides is 1. The van der Waals surface area contributed by atoms with Crippen molar-refractivity contribution in [2.24, 2.45) is 0 Å². The van der Waals surface area contributed by atoms with Crippen LogP contribution in [0, 0.1) is 5.82 Å². The van der Waals surface area contributed by atoms with E-state index in [0.29, 0.717) is 34.7 Å². The van der Waals surface area contributed by atoms with Crippen molar-refractivity contribution in [3.05, 3.63) is 28.9 Å². The molecule has 1 aliphatic heterocycles. The first-order chi connectivity index (χ1) is 9.89. The van der Waals surface area contributed by atoms with Crippen LogP contribution in [0.3, 0.4) is 0 Å². The minimum absolute atomic E-state index is 0.149. The fourth-order valence-electron chi connectivity index (χ4n) is 2.62. The Hall–Kier alpha value is -1.66. The number of hydrogen-bond donors (Lipinski definition) is 1. The molecule has 2 N–H and O–H groups in total. The van der Waals surface area contributed by atoms with Gasteiger partial charge >= 0.3 is 0 Å². The lowest BCUT2D eigenvalue weighted by Crippen LogP contribution is -2.50. The molecule has 0 spiro atoms. The lowest BCUT2D eigenvalue weighted by atomic mass is 10.1. The molecule has 1 saturated heterocycles. The summed E-state index contributed by atoms with van der Waals surface area (Å²) in [5, 5.41) is 0.346. The summed E-state index contributed by atoms with van der Waals surface area (Å²) in [6.45, 7) is 5.42. The Morgan fingerprint density at radius 1 is 1.48 bits per heavy atom. The van der Waals surface area contributed by atoms with E-state index in [2.05, 4.69) is 0 Å². The first-order valence-corrected chi connectivity index (χ1v) is 7.60. The predicted molar refractivity (Wildman–Crippen MR) is 82.1 cm³/mol. The number of carbonyl (C=O) groups is 1. The normalized spacial score (nSPS) is 18.1. The molecule has 6 heteroatoms. The summed E-state index contributed by atoms with van der Waals surface area (Å²) in [4.78, 5) is 14.8. The summed E-state index contributed by atoms with van der Waals surface area (Å²) in [7, 11) is 0. The minimum atomic E-state index is -0.386. The van der Waals surface area contributed by atoms with Gasteiger partial charge in [0.05, 0.1) is 23.3 Å². The van der Waals surface area contributed by atoms with Gasteiger partial charge in [0.1, 0.15) is 10.7 Å². The zero-order chi connectivity index (χ0) is 15.2. The van der Waals surface area contributed by atoms with Crippen molar-refractivity contribution < 1.29 is 13.9 Å². The van der Waals surface area contributed by atoms with E-state index < -0.39 is 0 Å². The minimum Gasteiger partial charge on any atom is -0.397 e. The number of hydrogen-bond acceptors (Lipinski definition) is 4. The molecule has 2 aromatic rings. The van der Waals surface area contributed by atoms with Crippen LogP contribution in [0.5, 0.6) is 0 Å². The smallest absolute Gasteiger partial charge is 0.266 e. The predicted octanol–water partition coefficient (Wildman–Crippen LogP) is 2.87. The van der Waals surface area contributed by atoms with Crippen LogP contribution in [0.1, 0.15) is 23.5 Å². The fourth-order valence-corrected chi connectivity index (χ4v) is 3.73. The highest BCUT2D eigenvalue weighted by Gasteiger charge is 2.32. The van der Waals surface area contributed by atoms with Gasteiger partial charge in [-0.05, 0) is 26.0 Å². The van der Waals surface area contributed by atoms with Gasteiger partial charge in [0, 0.05) is 17.8 Å². The van der Waals surface area contributed by atoms with Gasteiger partial charge in [0.15, 0.2) is 0 Å². The second-order valence-electron chi connectivity index (χ2n) is 5.79. The summed E-state index contributed by atoms with van der Waals surface area (Å²) in [6.07, 6.45) is 0. The summed E-state index contributed by atoms with van der Waals surface area (Å²) < 4.78 is 20.2. The van der Waals surface area contributed by atoms with Gasteiger partial charge in [0.25, 0.3) is 5.91 Å². The fraction of sp³-hybridized carbons (Fsp3) is 0.400. The maximum Gasteiger partial charge on any atom is 0.266 e. The summed E-state index contributed by atoms with van der Waals surface area (Å²) in [5.41, 5.74) is 5.87.